The Morgan fingerprint density at radius 2 is 1.86 bits per heavy atom. The van der Waals surface area contributed by atoms with Crippen LogP contribution in [-0.2, 0) is 0 Å². The SMILES string of the molecule is Cl.Fc1cccc(Cl)c1[C@H](C1CCCC1)N1CCNCC1. The molecule has 0 spiro atoms. The lowest BCUT2D eigenvalue weighted by Crippen LogP contribution is -2.47. The Kier molecular flexibility index (Phi) is 6.30. The van der Waals surface area contributed by atoms with Crippen molar-refractivity contribution in [2.24, 2.45) is 5.92 Å². The van der Waals surface area contributed by atoms with Crippen molar-refractivity contribution in [1.29, 1.82) is 0 Å². The third kappa shape index (κ3) is 3.70. The van der Waals surface area contributed by atoms with Crippen LogP contribution in [0.15, 0.2) is 18.2 Å². The first-order chi connectivity index (χ1) is 9.77. The quantitative estimate of drug-likeness (QED) is 0.898. The van der Waals surface area contributed by atoms with Gasteiger partial charge in [-0.15, -0.1) is 12.4 Å². The average molecular weight is 333 g/mol. The highest BCUT2D eigenvalue weighted by Gasteiger charge is 2.34. The molecule has 1 aromatic rings. The zero-order valence-corrected chi connectivity index (χ0v) is 13.7. The van der Waals surface area contributed by atoms with E-state index in [0.29, 0.717) is 10.9 Å². The molecule has 2 nitrogen and oxygen atoms in total. The van der Waals surface area contributed by atoms with E-state index in [1.165, 1.54) is 25.7 Å². The summed E-state index contributed by atoms with van der Waals surface area (Å²) in [6.07, 6.45) is 4.91. The normalized spacial score (nSPS) is 22.0. The van der Waals surface area contributed by atoms with Crippen LogP contribution in [0.5, 0.6) is 0 Å². The van der Waals surface area contributed by atoms with Crippen molar-refractivity contribution in [3.05, 3.63) is 34.6 Å². The molecule has 2 aliphatic rings. The van der Waals surface area contributed by atoms with Gasteiger partial charge in [-0.1, -0.05) is 30.5 Å². The molecule has 1 aliphatic heterocycles. The molecule has 0 unspecified atom stereocenters. The van der Waals surface area contributed by atoms with Gasteiger partial charge in [-0.3, -0.25) is 4.90 Å². The summed E-state index contributed by atoms with van der Waals surface area (Å²) < 4.78 is 14.4. The van der Waals surface area contributed by atoms with Crippen LogP contribution in [0.3, 0.4) is 0 Å². The van der Waals surface area contributed by atoms with E-state index < -0.39 is 0 Å². The Morgan fingerprint density at radius 1 is 1.19 bits per heavy atom. The molecule has 1 saturated carbocycles. The fraction of sp³-hybridized carbons (Fsp3) is 0.625. The van der Waals surface area contributed by atoms with Crippen molar-refractivity contribution in [2.75, 3.05) is 26.2 Å². The van der Waals surface area contributed by atoms with E-state index in [9.17, 15) is 4.39 Å². The summed E-state index contributed by atoms with van der Waals surface area (Å²) in [7, 11) is 0. The van der Waals surface area contributed by atoms with Crippen LogP contribution in [-0.4, -0.2) is 31.1 Å². The van der Waals surface area contributed by atoms with Crippen LogP contribution in [0.4, 0.5) is 4.39 Å². The molecule has 1 aromatic carbocycles. The first-order valence-electron chi connectivity index (χ1n) is 7.66. The molecule has 5 heteroatoms. The molecule has 1 heterocycles. The van der Waals surface area contributed by atoms with E-state index in [1.54, 1.807) is 12.1 Å². The van der Waals surface area contributed by atoms with Crippen LogP contribution in [0.2, 0.25) is 5.02 Å². The van der Waals surface area contributed by atoms with Gasteiger partial charge in [-0.25, -0.2) is 4.39 Å². The summed E-state index contributed by atoms with van der Waals surface area (Å²) in [5.74, 6) is 0.399. The average Bonchev–Trinajstić information content (AvgIpc) is 2.98. The third-order valence-electron chi connectivity index (χ3n) is 4.69. The van der Waals surface area contributed by atoms with Gasteiger partial charge in [0, 0.05) is 42.8 Å². The van der Waals surface area contributed by atoms with Gasteiger partial charge >= 0.3 is 0 Å². The second-order valence-corrected chi connectivity index (χ2v) is 6.32. The van der Waals surface area contributed by atoms with Gasteiger partial charge < -0.3 is 5.32 Å². The number of nitrogens with one attached hydrogen (secondary N) is 1. The van der Waals surface area contributed by atoms with Crippen molar-refractivity contribution >= 4 is 24.0 Å². The topological polar surface area (TPSA) is 15.3 Å². The number of hydrogen-bond donors (Lipinski definition) is 1. The first kappa shape index (κ1) is 17.0. The highest BCUT2D eigenvalue weighted by atomic mass is 35.5. The number of halogens is 3. The number of rotatable bonds is 3. The second-order valence-electron chi connectivity index (χ2n) is 5.91. The minimum absolute atomic E-state index is 0. The maximum atomic E-state index is 14.4. The molecule has 1 atom stereocenters. The standard InChI is InChI=1S/C16H22ClFN2.ClH/c17-13-6-3-7-14(18)15(13)16(12-4-1-2-5-12)20-10-8-19-9-11-20;/h3,6-7,12,16,19H,1-2,4-5,8-11H2;1H/t16-;/m0./s1. The Hall–Kier alpha value is -0.350. The van der Waals surface area contributed by atoms with Crippen molar-refractivity contribution in [1.82, 2.24) is 10.2 Å². The smallest absolute Gasteiger partial charge is 0.129 e. The maximum absolute atomic E-state index is 14.4. The van der Waals surface area contributed by atoms with Gasteiger partial charge in [0.25, 0.3) is 0 Å². The Balaban J connectivity index is 0.00000161. The van der Waals surface area contributed by atoms with Gasteiger partial charge in [-0.2, -0.15) is 0 Å². The van der Waals surface area contributed by atoms with E-state index in [4.69, 9.17) is 11.6 Å². The fourth-order valence-electron chi connectivity index (χ4n) is 3.74. The minimum atomic E-state index is -0.145. The lowest BCUT2D eigenvalue weighted by atomic mass is 9.89. The molecule has 0 radical (unpaired) electrons. The Labute approximate surface area is 137 Å². The fourth-order valence-corrected chi connectivity index (χ4v) is 4.02. The molecule has 0 bridgehead atoms. The number of piperazine rings is 1. The first-order valence-corrected chi connectivity index (χ1v) is 8.04. The van der Waals surface area contributed by atoms with Crippen LogP contribution in [0, 0.1) is 11.7 Å². The summed E-state index contributed by atoms with van der Waals surface area (Å²) >= 11 is 6.34. The molecule has 118 valence electrons. The zero-order chi connectivity index (χ0) is 13.9. The molecule has 0 amide bonds. The van der Waals surface area contributed by atoms with Crippen LogP contribution in [0.1, 0.15) is 37.3 Å². The number of hydrogen-bond acceptors (Lipinski definition) is 2. The van der Waals surface area contributed by atoms with Gasteiger partial charge in [0.15, 0.2) is 0 Å². The van der Waals surface area contributed by atoms with Crippen LogP contribution in [0.25, 0.3) is 0 Å². The highest BCUT2D eigenvalue weighted by molar-refractivity contribution is 6.31. The van der Waals surface area contributed by atoms with E-state index in [-0.39, 0.29) is 24.3 Å². The molecular weight excluding hydrogens is 310 g/mol. The predicted molar refractivity (Wildman–Crippen MR) is 87.8 cm³/mol. The summed E-state index contributed by atoms with van der Waals surface area (Å²) in [4.78, 5) is 2.43. The van der Waals surface area contributed by atoms with E-state index in [0.717, 1.165) is 31.7 Å². The minimum Gasteiger partial charge on any atom is -0.314 e. The van der Waals surface area contributed by atoms with Crippen molar-refractivity contribution < 1.29 is 4.39 Å². The van der Waals surface area contributed by atoms with Crippen LogP contribution >= 0.6 is 24.0 Å². The molecule has 3 rings (SSSR count). The highest BCUT2D eigenvalue weighted by Crippen LogP contribution is 2.42. The molecular formula is C16H23Cl2FN2. The monoisotopic (exact) mass is 332 g/mol. The summed E-state index contributed by atoms with van der Waals surface area (Å²) in [6, 6.07) is 5.22. The third-order valence-corrected chi connectivity index (χ3v) is 5.02. The lowest BCUT2D eigenvalue weighted by Gasteiger charge is -2.39. The molecule has 21 heavy (non-hydrogen) atoms. The lowest BCUT2D eigenvalue weighted by molar-refractivity contribution is 0.122. The van der Waals surface area contributed by atoms with E-state index in [1.807, 2.05) is 6.07 Å². The Morgan fingerprint density at radius 3 is 2.48 bits per heavy atom. The number of nitrogens with zero attached hydrogens (tertiary/aromatic N) is 1. The van der Waals surface area contributed by atoms with Gasteiger partial charge in [0.2, 0.25) is 0 Å². The van der Waals surface area contributed by atoms with Gasteiger partial charge in [-0.05, 0) is 30.9 Å². The van der Waals surface area contributed by atoms with Crippen LogP contribution < -0.4 is 5.32 Å². The molecule has 1 N–H and O–H groups in total. The maximum Gasteiger partial charge on any atom is 0.129 e. The summed E-state index contributed by atoms with van der Waals surface area (Å²) in [5, 5.41) is 3.96. The number of benzene rings is 1. The molecule has 1 saturated heterocycles. The molecule has 1 aliphatic carbocycles. The summed E-state index contributed by atoms with van der Waals surface area (Å²) in [6.45, 7) is 3.92. The largest absolute Gasteiger partial charge is 0.314 e. The molecule has 0 aromatic heterocycles. The Bertz CT molecular complexity index is 437. The van der Waals surface area contributed by atoms with Crippen molar-refractivity contribution in [3.63, 3.8) is 0 Å². The summed E-state index contributed by atoms with van der Waals surface area (Å²) in [5.41, 5.74) is 0.725. The van der Waals surface area contributed by atoms with E-state index >= 15 is 0 Å². The predicted octanol–water partition coefficient (Wildman–Crippen LogP) is 4.04. The van der Waals surface area contributed by atoms with Gasteiger partial charge in [0.05, 0.1) is 0 Å². The zero-order valence-electron chi connectivity index (χ0n) is 12.2. The second kappa shape index (κ2) is 7.77. The van der Waals surface area contributed by atoms with Gasteiger partial charge in [0.1, 0.15) is 5.82 Å². The molecule has 2 fully saturated rings. The van der Waals surface area contributed by atoms with E-state index in [2.05, 4.69) is 10.2 Å². The van der Waals surface area contributed by atoms with Crippen molar-refractivity contribution in [2.45, 2.75) is 31.7 Å². The van der Waals surface area contributed by atoms with Crippen molar-refractivity contribution in [3.8, 4) is 0 Å².